The van der Waals surface area contributed by atoms with E-state index in [0.717, 1.165) is 29.4 Å². The third-order valence-corrected chi connectivity index (χ3v) is 3.61. The third-order valence-electron chi connectivity index (χ3n) is 3.21. The van der Waals surface area contributed by atoms with Gasteiger partial charge in [0.15, 0.2) is 0 Å². The van der Waals surface area contributed by atoms with Crippen molar-refractivity contribution in [2.45, 2.75) is 45.4 Å². The Bertz CT molecular complexity index is 378. The van der Waals surface area contributed by atoms with Crippen molar-refractivity contribution in [1.82, 2.24) is 9.97 Å². The summed E-state index contributed by atoms with van der Waals surface area (Å²) in [6.07, 6.45) is 5.28. The minimum atomic E-state index is 0.321. The number of hydrogen-bond donors (Lipinski definition) is 0. The molecule has 0 spiro atoms. The molecule has 0 aliphatic heterocycles. The highest BCUT2D eigenvalue weighted by atomic mass is 79.9. The highest BCUT2D eigenvalue weighted by Crippen LogP contribution is 2.29. The monoisotopic (exact) mass is 298 g/mol. The molecule has 1 fully saturated rings. The Kier molecular flexibility index (Phi) is 4.37. The van der Waals surface area contributed by atoms with Crippen LogP contribution in [-0.2, 0) is 0 Å². The number of halogens is 1. The molecule has 0 amide bonds. The van der Waals surface area contributed by atoms with Gasteiger partial charge >= 0.3 is 0 Å². The maximum atomic E-state index is 5.70. The minimum absolute atomic E-state index is 0.321. The first-order chi connectivity index (χ1) is 8.15. The molecule has 0 aromatic carbocycles. The Morgan fingerprint density at radius 1 is 1.41 bits per heavy atom. The lowest BCUT2D eigenvalue weighted by atomic mass is 9.83. The molecule has 1 aliphatic rings. The molecule has 17 heavy (non-hydrogen) atoms. The summed E-state index contributed by atoms with van der Waals surface area (Å²) in [5.41, 5.74) is 0. The molecule has 0 N–H and O–H groups in total. The van der Waals surface area contributed by atoms with Gasteiger partial charge in [0, 0.05) is 12.0 Å². The second-order valence-corrected chi connectivity index (χ2v) is 5.79. The summed E-state index contributed by atoms with van der Waals surface area (Å²) in [6, 6.07) is 1.84. The predicted octanol–water partition coefficient (Wildman–Crippen LogP) is 3.93. The van der Waals surface area contributed by atoms with Crippen LogP contribution in [0.3, 0.4) is 0 Å². The van der Waals surface area contributed by atoms with Gasteiger partial charge in [-0.25, -0.2) is 4.98 Å². The van der Waals surface area contributed by atoms with Gasteiger partial charge in [-0.05, 0) is 28.3 Å². The molecule has 1 aliphatic carbocycles. The van der Waals surface area contributed by atoms with Crippen LogP contribution in [0.5, 0.6) is 5.88 Å². The van der Waals surface area contributed by atoms with Crippen molar-refractivity contribution in [3.05, 3.63) is 16.5 Å². The molecule has 1 heterocycles. The molecule has 1 aromatic heterocycles. The summed E-state index contributed by atoms with van der Waals surface area (Å²) in [6.45, 7) is 4.94. The first-order valence-corrected chi connectivity index (χ1v) is 7.11. The van der Waals surface area contributed by atoms with Crippen LogP contribution in [0.2, 0.25) is 0 Å². The van der Waals surface area contributed by atoms with Crippen LogP contribution >= 0.6 is 15.9 Å². The standard InChI is InChI=1S/C13H19BrN2O/c1-9(2)13-15-11(14)8-12(16-13)17-7-6-10-4-3-5-10/h8-10H,3-7H2,1-2H3. The molecule has 2 rings (SSSR count). The van der Waals surface area contributed by atoms with Crippen LogP contribution in [0.1, 0.15) is 51.3 Å². The van der Waals surface area contributed by atoms with Crippen molar-refractivity contribution in [3.63, 3.8) is 0 Å². The summed E-state index contributed by atoms with van der Waals surface area (Å²) in [5, 5.41) is 0. The normalized spacial score (nSPS) is 16.0. The van der Waals surface area contributed by atoms with Gasteiger partial charge in [-0.15, -0.1) is 0 Å². The Morgan fingerprint density at radius 2 is 2.18 bits per heavy atom. The zero-order valence-electron chi connectivity index (χ0n) is 10.4. The van der Waals surface area contributed by atoms with Crippen molar-refractivity contribution in [3.8, 4) is 5.88 Å². The molecular weight excluding hydrogens is 280 g/mol. The molecule has 0 saturated heterocycles. The molecular formula is C13H19BrN2O. The van der Waals surface area contributed by atoms with Gasteiger partial charge in [0.05, 0.1) is 6.61 Å². The summed E-state index contributed by atoms with van der Waals surface area (Å²) >= 11 is 3.40. The molecule has 0 atom stereocenters. The van der Waals surface area contributed by atoms with Crippen molar-refractivity contribution < 1.29 is 4.74 Å². The van der Waals surface area contributed by atoms with Crippen molar-refractivity contribution >= 4 is 15.9 Å². The molecule has 0 radical (unpaired) electrons. The number of rotatable bonds is 5. The molecule has 4 heteroatoms. The zero-order valence-corrected chi connectivity index (χ0v) is 12.0. The van der Waals surface area contributed by atoms with Crippen LogP contribution < -0.4 is 4.74 Å². The Hall–Kier alpha value is -0.640. The second kappa shape index (κ2) is 5.80. The highest BCUT2D eigenvalue weighted by molar-refractivity contribution is 9.10. The minimum Gasteiger partial charge on any atom is -0.478 e. The lowest BCUT2D eigenvalue weighted by molar-refractivity contribution is 0.216. The van der Waals surface area contributed by atoms with Crippen molar-refractivity contribution in [1.29, 1.82) is 0 Å². The molecule has 3 nitrogen and oxygen atoms in total. The summed E-state index contributed by atoms with van der Waals surface area (Å²) in [7, 11) is 0. The Labute approximate surface area is 111 Å². The first kappa shape index (κ1) is 12.8. The van der Waals surface area contributed by atoms with Crippen molar-refractivity contribution in [2.24, 2.45) is 5.92 Å². The fourth-order valence-corrected chi connectivity index (χ4v) is 2.24. The predicted molar refractivity (Wildman–Crippen MR) is 71.3 cm³/mol. The van der Waals surface area contributed by atoms with Crippen LogP contribution in [0, 0.1) is 5.92 Å². The van der Waals surface area contributed by atoms with Gasteiger partial charge < -0.3 is 4.74 Å². The second-order valence-electron chi connectivity index (χ2n) is 4.98. The van der Waals surface area contributed by atoms with E-state index in [2.05, 4.69) is 39.7 Å². The molecule has 1 aromatic rings. The SMILES string of the molecule is CC(C)c1nc(Br)cc(OCCC2CCC2)n1. The van der Waals surface area contributed by atoms with E-state index in [1.54, 1.807) is 0 Å². The Morgan fingerprint density at radius 3 is 2.76 bits per heavy atom. The van der Waals surface area contributed by atoms with E-state index in [-0.39, 0.29) is 0 Å². The van der Waals surface area contributed by atoms with E-state index in [0.29, 0.717) is 11.8 Å². The lowest BCUT2D eigenvalue weighted by Crippen LogP contribution is -2.15. The topological polar surface area (TPSA) is 35.0 Å². The van der Waals surface area contributed by atoms with Crippen LogP contribution in [0.15, 0.2) is 10.7 Å². The third kappa shape index (κ3) is 3.66. The Balaban J connectivity index is 1.90. The maximum Gasteiger partial charge on any atom is 0.217 e. The summed E-state index contributed by atoms with van der Waals surface area (Å²) < 4.78 is 6.50. The van der Waals surface area contributed by atoms with Gasteiger partial charge in [0.1, 0.15) is 10.4 Å². The first-order valence-electron chi connectivity index (χ1n) is 6.32. The maximum absolute atomic E-state index is 5.70. The quantitative estimate of drug-likeness (QED) is 0.773. The number of ether oxygens (including phenoxy) is 1. The number of nitrogens with zero attached hydrogens (tertiary/aromatic N) is 2. The van der Waals surface area contributed by atoms with Crippen molar-refractivity contribution in [2.75, 3.05) is 6.61 Å². The zero-order chi connectivity index (χ0) is 12.3. The van der Waals surface area contributed by atoms with E-state index in [4.69, 9.17) is 4.74 Å². The van der Waals surface area contributed by atoms with E-state index >= 15 is 0 Å². The molecule has 1 saturated carbocycles. The van der Waals surface area contributed by atoms with Gasteiger partial charge in [-0.2, -0.15) is 4.98 Å². The van der Waals surface area contributed by atoms with E-state index < -0.39 is 0 Å². The van der Waals surface area contributed by atoms with Crippen LogP contribution in [0.4, 0.5) is 0 Å². The highest BCUT2D eigenvalue weighted by Gasteiger charge is 2.17. The average molecular weight is 299 g/mol. The number of hydrogen-bond acceptors (Lipinski definition) is 3. The van der Waals surface area contributed by atoms with E-state index in [9.17, 15) is 0 Å². The lowest BCUT2D eigenvalue weighted by Gasteiger charge is -2.24. The average Bonchev–Trinajstić information content (AvgIpc) is 2.21. The fourth-order valence-electron chi connectivity index (χ4n) is 1.86. The van der Waals surface area contributed by atoms with Gasteiger partial charge in [-0.3, -0.25) is 0 Å². The smallest absolute Gasteiger partial charge is 0.217 e. The molecule has 0 unspecified atom stereocenters. The van der Waals surface area contributed by atoms with E-state index in [1.807, 2.05) is 6.07 Å². The largest absolute Gasteiger partial charge is 0.478 e. The molecule has 94 valence electrons. The van der Waals surface area contributed by atoms with Gasteiger partial charge in [0.25, 0.3) is 0 Å². The summed E-state index contributed by atoms with van der Waals surface area (Å²) in [5.74, 6) is 2.72. The van der Waals surface area contributed by atoms with E-state index in [1.165, 1.54) is 19.3 Å². The van der Waals surface area contributed by atoms with Gasteiger partial charge in [-0.1, -0.05) is 33.1 Å². The fraction of sp³-hybridized carbons (Fsp3) is 0.692. The summed E-state index contributed by atoms with van der Waals surface area (Å²) in [4.78, 5) is 8.74. The molecule has 0 bridgehead atoms. The van der Waals surface area contributed by atoms with Crippen LogP contribution in [0.25, 0.3) is 0 Å². The number of aromatic nitrogens is 2. The van der Waals surface area contributed by atoms with Crippen LogP contribution in [-0.4, -0.2) is 16.6 Å². The van der Waals surface area contributed by atoms with Gasteiger partial charge in [0.2, 0.25) is 5.88 Å².